The molecule has 0 bridgehead atoms. The molecule has 106 valence electrons. The van der Waals surface area contributed by atoms with Gasteiger partial charge in [-0.3, -0.25) is 9.80 Å². The monoisotopic (exact) mass is 253 g/mol. The first kappa shape index (κ1) is 14.3. The highest BCUT2D eigenvalue weighted by Crippen LogP contribution is 2.26. The van der Waals surface area contributed by atoms with E-state index in [0.717, 1.165) is 6.04 Å². The van der Waals surface area contributed by atoms with E-state index in [1.165, 1.54) is 65.0 Å². The van der Waals surface area contributed by atoms with E-state index in [1.807, 2.05) is 0 Å². The molecule has 2 rings (SSSR count). The van der Waals surface area contributed by atoms with Gasteiger partial charge in [-0.1, -0.05) is 20.8 Å². The van der Waals surface area contributed by atoms with E-state index in [9.17, 15) is 0 Å². The van der Waals surface area contributed by atoms with Gasteiger partial charge in [0.05, 0.1) is 0 Å². The Labute approximate surface area is 113 Å². The zero-order chi connectivity index (χ0) is 13.0. The average molecular weight is 253 g/mol. The fraction of sp³-hybridized carbons (Fsp3) is 1.00. The maximum atomic E-state index is 3.76. The molecule has 0 spiro atoms. The second-order valence-electron chi connectivity index (χ2n) is 6.06. The summed E-state index contributed by atoms with van der Waals surface area (Å²) in [7, 11) is 0. The van der Waals surface area contributed by atoms with Crippen LogP contribution in [0.15, 0.2) is 0 Å². The first-order valence-corrected chi connectivity index (χ1v) is 7.94. The molecule has 1 N–H and O–H groups in total. The Balaban J connectivity index is 1.85. The molecule has 2 unspecified atom stereocenters. The molecule has 0 aliphatic carbocycles. The van der Waals surface area contributed by atoms with E-state index >= 15 is 0 Å². The third-order valence-corrected chi connectivity index (χ3v) is 5.11. The number of rotatable bonds is 6. The van der Waals surface area contributed by atoms with Gasteiger partial charge in [0, 0.05) is 24.7 Å². The van der Waals surface area contributed by atoms with Gasteiger partial charge in [-0.05, 0) is 51.9 Å². The minimum Gasteiger partial charge on any atom is -0.310 e. The molecule has 18 heavy (non-hydrogen) atoms. The van der Waals surface area contributed by atoms with Crippen molar-refractivity contribution in [1.82, 2.24) is 15.1 Å². The first-order chi connectivity index (χ1) is 8.73. The SMILES string of the molecule is CCN(CC)C1CCN(CC2(CC)CCCN2)C1. The lowest BCUT2D eigenvalue weighted by Gasteiger charge is -2.34. The molecule has 2 atom stereocenters. The molecular weight excluding hydrogens is 222 g/mol. The molecule has 2 heterocycles. The summed E-state index contributed by atoms with van der Waals surface area (Å²) in [6.07, 6.45) is 5.37. The third kappa shape index (κ3) is 3.06. The van der Waals surface area contributed by atoms with Gasteiger partial charge < -0.3 is 5.32 Å². The largest absolute Gasteiger partial charge is 0.310 e. The normalized spacial score (nSPS) is 33.7. The molecule has 3 heteroatoms. The van der Waals surface area contributed by atoms with Gasteiger partial charge in [-0.15, -0.1) is 0 Å². The zero-order valence-electron chi connectivity index (χ0n) is 12.5. The fourth-order valence-corrected chi connectivity index (χ4v) is 3.84. The minimum absolute atomic E-state index is 0.429. The molecule has 0 aromatic carbocycles. The van der Waals surface area contributed by atoms with E-state index < -0.39 is 0 Å². The van der Waals surface area contributed by atoms with Crippen LogP contribution >= 0.6 is 0 Å². The molecule has 0 aromatic heterocycles. The number of hydrogen-bond donors (Lipinski definition) is 1. The number of likely N-dealkylation sites (N-methyl/N-ethyl adjacent to an activating group) is 1. The summed E-state index contributed by atoms with van der Waals surface area (Å²) in [5.41, 5.74) is 0.429. The number of likely N-dealkylation sites (tertiary alicyclic amines) is 1. The standard InChI is InChI=1S/C15H31N3/c1-4-15(9-7-10-16-15)13-17-11-8-14(12-17)18(5-2)6-3/h14,16H,4-13H2,1-3H3. The highest BCUT2D eigenvalue weighted by atomic mass is 15.3. The summed E-state index contributed by atoms with van der Waals surface area (Å²) in [5.74, 6) is 0. The van der Waals surface area contributed by atoms with Crippen LogP contribution in [0.4, 0.5) is 0 Å². The van der Waals surface area contributed by atoms with Crippen molar-refractivity contribution in [3.63, 3.8) is 0 Å². The average Bonchev–Trinajstić information content (AvgIpc) is 3.02. The van der Waals surface area contributed by atoms with Gasteiger partial charge in [-0.25, -0.2) is 0 Å². The molecule has 2 fully saturated rings. The van der Waals surface area contributed by atoms with Crippen molar-refractivity contribution in [3.05, 3.63) is 0 Å². The van der Waals surface area contributed by atoms with Crippen LogP contribution in [0, 0.1) is 0 Å². The van der Waals surface area contributed by atoms with Gasteiger partial charge in [0.15, 0.2) is 0 Å². The second kappa shape index (κ2) is 6.36. The van der Waals surface area contributed by atoms with Gasteiger partial charge in [0.1, 0.15) is 0 Å². The molecule has 2 saturated heterocycles. The Kier molecular flexibility index (Phi) is 5.05. The number of hydrogen-bond acceptors (Lipinski definition) is 3. The second-order valence-corrected chi connectivity index (χ2v) is 6.06. The van der Waals surface area contributed by atoms with Crippen molar-refractivity contribution in [1.29, 1.82) is 0 Å². The highest BCUT2D eigenvalue weighted by molar-refractivity contribution is 4.96. The van der Waals surface area contributed by atoms with Gasteiger partial charge in [-0.2, -0.15) is 0 Å². The van der Waals surface area contributed by atoms with E-state index in [0.29, 0.717) is 5.54 Å². The summed E-state index contributed by atoms with van der Waals surface area (Å²) in [4.78, 5) is 5.32. The lowest BCUT2D eigenvalue weighted by molar-refractivity contribution is 0.183. The van der Waals surface area contributed by atoms with Crippen molar-refractivity contribution in [2.24, 2.45) is 0 Å². The van der Waals surface area contributed by atoms with Crippen LogP contribution in [0.5, 0.6) is 0 Å². The van der Waals surface area contributed by atoms with Crippen LogP contribution < -0.4 is 5.32 Å². The number of nitrogens with one attached hydrogen (secondary N) is 1. The lowest BCUT2D eigenvalue weighted by Crippen LogP contribution is -2.49. The van der Waals surface area contributed by atoms with Crippen molar-refractivity contribution in [2.75, 3.05) is 39.3 Å². The Morgan fingerprint density at radius 3 is 2.61 bits per heavy atom. The fourth-order valence-electron chi connectivity index (χ4n) is 3.84. The molecule has 3 nitrogen and oxygen atoms in total. The van der Waals surface area contributed by atoms with Gasteiger partial charge >= 0.3 is 0 Å². The first-order valence-electron chi connectivity index (χ1n) is 7.94. The van der Waals surface area contributed by atoms with E-state index in [-0.39, 0.29) is 0 Å². The van der Waals surface area contributed by atoms with Crippen molar-refractivity contribution in [2.45, 2.75) is 58.0 Å². The van der Waals surface area contributed by atoms with Crippen molar-refractivity contribution in [3.8, 4) is 0 Å². The summed E-state index contributed by atoms with van der Waals surface area (Å²) >= 11 is 0. The zero-order valence-corrected chi connectivity index (χ0v) is 12.5. The van der Waals surface area contributed by atoms with Crippen LogP contribution in [0.3, 0.4) is 0 Å². The third-order valence-electron chi connectivity index (χ3n) is 5.11. The van der Waals surface area contributed by atoms with E-state index in [1.54, 1.807) is 0 Å². The maximum Gasteiger partial charge on any atom is 0.0306 e. The summed E-state index contributed by atoms with van der Waals surface area (Å²) in [6, 6.07) is 0.801. The molecular formula is C15H31N3. The van der Waals surface area contributed by atoms with Crippen molar-refractivity contribution < 1.29 is 0 Å². The molecule has 2 aliphatic rings. The maximum absolute atomic E-state index is 3.76. The molecule has 0 radical (unpaired) electrons. The Morgan fingerprint density at radius 2 is 2.06 bits per heavy atom. The van der Waals surface area contributed by atoms with Crippen LogP contribution in [0.25, 0.3) is 0 Å². The Hall–Kier alpha value is -0.120. The summed E-state index contributed by atoms with van der Waals surface area (Å²) in [6.45, 7) is 14.4. The van der Waals surface area contributed by atoms with Crippen LogP contribution in [-0.4, -0.2) is 60.6 Å². The highest BCUT2D eigenvalue weighted by Gasteiger charge is 2.36. The summed E-state index contributed by atoms with van der Waals surface area (Å²) < 4.78 is 0. The molecule has 0 amide bonds. The minimum atomic E-state index is 0.429. The topological polar surface area (TPSA) is 18.5 Å². The van der Waals surface area contributed by atoms with Crippen molar-refractivity contribution >= 4 is 0 Å². The Bertz CT molecular complexity index is 244. The molecule has 0 aromatic rings. The molecule has 2 aliphatic heterocycles. The lowest BCUT2D eigenvalue weighted by atomic mass is 9.93. The smallest absolute Gasteiger partial charge is 0.0306 e. The van der Waals surface area contributed by atoms with Gasteiger partial charge in [0.2, 0.25) is 0 Å². The van der Waals surface area contributed by atoms with Crippen LogP contribution in [0.1, 0.15) is 46.5 Å². The van der Waals surface area contributed by atoms with E-state index in [4.69, 9.17) is 0 Å². The predicted octanol–water partition coefficient (Wildman–Crippen LogP) is 1.93. The Morgan fingerprint density at radius 1 is 1.28 bits per heavy atom. The number of nitrogens with zero attached hydrogens (tertiary/aromatic N) is 2. The van der Waals surface area contributed by atoms with Crippen LogP contribution in [-0.2, 0) is 0 Å². The quantitative estimate of drug-likeness (QED) is 0.780. The van der Waals surface area contributed by atoms with Crippen LogP contribution in [0.2, 0.25) is 0 Å². The van der Waals surface area contributed by atoms with Gasteiger partial charge in [0.25, 0.3) is 0 Å². The summed E-state index contributed by atoms with van der Waals surface area (Å²) in [5, 5.41) is 3.76. The predicted molar refractivity (Wildman–Crippen MR) is 78.0 cm³/mol. The molecule has 0 saturated carbocycles. The van der Waals surface area contributed by atoms with E-state index in [2.05, 4.69) is 35.9 Å².